The lowest BCUT2D eigenvalue weighted by atomic mass is 10.1. The first-order valence-corrected chi connectivity index (χ1v) is 5.71. The highest BCUT2D eigenvalue weighted by Gasteiger charge is 2.11. The van der Waals surface area contributed by atoms with E-state index in [0.29, 0.717) is 5.11 Å². The molecule has 0 unspecified atom stereocenters. The Morgan fingerprint density at radius 1 is 1.25 bits per heavy atom. The molecule has 16 heavy (non-hydrogen) atoms. The largest absolute Gasteiger partial charge is 0.358 e. The van der Waals surface area contributed by atoms with Gasteiger partial charge in [0.2, 0.25) is 0 Å². The summed E-state index contributed by atoms with van der Waals surface area (Å²) in [6, 6.07) is 4.01. The minimum Gasteiger partial charge on any atom is -0.358 e. The van der Waals surface area contributed by atoms with Crippen molar-refractivity contribution in [2.45, 2.75) is 40.2 Å². The molecule has 0 radical (unpaired) electrons. The summed E-state index contributed by atoms with van der Waals surface area (Å²) in [5.74, 6) is 0.791. The molecule has 88 valence electrons. The number of rotatable bonds is 1. The number of aryl methyl sites for hydroxylation is 2. The van der Waals surface area contributed by atoms with E-state index in [0.717, 1.165) is 11.5 Å². The first-order valence-electron chi connectivity index (χ1n) is 5.31. The fraction of sp³-hybridized carbons (Fsp3) is 0.500. The molecule has 0 spiro atoms. The molecule has 1 rings (SSSR count). The smallest absolute Gasteiger partial charge is 0.172 e. The SMILES string of the molecule is Cc1cc(C)nc(NC(=S)NC(C)(C)C)c1. The Kier molecular flexibility index (Phi) is 3.86. The standard InChI is InChI=1S/C12H19N3S/c1-8-6-9(2)13-10(7-8)14-11(16)15-12(3,4)5/h6-7H,1-5H3,(H2,13,14,15,16). The number of hydrogen-bond donors (Lipinski definition) is 2. The lowest BCUT2D eigenvalue weighted by Crippen LogP contribution is -2.43. The van der Waals surface area contributed by atoms with E-state index < -0.39 is 0 Å². The summed E-state index contributed by atoms with van der Waals surface area (Å²) < 4.78 is 0. The van der Waals surface area contributed by atoms with E-state index in [1.54, 1.807) is 0 Å². The van der Waals surface area contributed by atoms with Crippen LogP contribution in [0.15, 0.2) is 12.1 Å². The van der Waals surface area contributed by atoms with Gasteiger partial charge in [-0.05, 0) is 64.5 Å². The minimum atomic E-state index is -0.0387. The number of pyridine rings is 1. The van der Waals surface area contributed by atoms with Crippen molar-refractivity contribution in [1.29, 1.82) is 0 Å². The summed E-state index contributed by atoms with van der Waals surface area (Å²) in [6.07, 6.45) is 0. The molecule has 2 N–H and O–H groups in total. The van der Waals surface area contributed by atoms with Gasteiger partial charge >= 0.3 is 0 Å². The average molecular weight is 237 g/mol. The lowest BCUT2D eigenvalue weighted by molar-refractivity contribution is 0.515. The minimum absolute atomic E-state index is 0.0387. The predicted molar refractivity (Wildman–Crippen MR) is 72.8 cm³/mol. The molecule has 3 nitrogen and oxygen atoms in total. The fourth-order valence-corrected chi connectivity index (χ4v) is 1.80. The Morgan fingerprint density at radius 2 is 1.88 bits per heavy atom. The molecule has 0 amide bonds. The predicted octanol–water partition coefficient (Wildman–Crippen LogP) is 2.78. The molecule has 0 aliphatic heterocycles. The number of nitrogens with zero attached hydrogens (tertiary/aromatic N) is 1. The first kappa shape index (κ1) is 12.9. The van der Waals surface area contributed by atoms with E-state index in [-0.39, 0.29) is 5.54 Å². The molecule has 0 fully saturated rings. The van der Waals surface area contributed by atoms with Crippen molar-refractivity contribution in [2.24, 2.45) is 0 Å². The van der Waals surface area contributed by atoms with Crippen LogP contribution in [0.5, 0.6) is 0 Å². The monoisotopic (exact) mass is 237 g/mol. The van der Waals surface area contributed by atoms with Crippen LogP contribution in [0.1, 0.15) is 32.0 Å². The van der Waals surface area contributed by atoms with Crippen molar-refractivity contribution in [3.05, 3.63) is 23.4 Å². The molecule has 1 aromatic rings. The third-order valence-electron chi connectivity index (χ3n) is 1.83. The van der Waals surface area contributed by atoms with Crippen molar-refractivity contribution in [3.8, 4) is 0 Å². The van der Waals surface area contributed by atoms with E-state index >= 15 is 0 Å². The normalized spacial score (nSPS) is 11.1. The molecule has 1 heterocycles. The van der Waals surface area contributed by atoms with Crippen LogP contribution >= 0.6 is 12.2 Å². The second-order valence-electron chi connectivity index (χ2n) is 5.00. The number of hydrogen-bond acceptors (Lipinski definition) is 2. The zero-order chi connectivity index (χ0) is 12.3. The molecule has 0 aromatic carbocycles. The van der Waals surface area contributed by atoms with Crippen molar-refractivity contribution < 1.29 is 0 Å². The second kappa shape index (κ2) is 4.78. The van der Waals surface area contributed by atoms with Gasteiger partial charge < -0.3 is 10.6 Å². The zero-order valence-corrected chi connectivity index (χ0v) is 11.3. The third kappa shape index (κ3) is 4.57. The van der Waals surface area contributed by atoms with Crippen LogP contribution in [0, 0.1) is 13.8 Å². The van der Waals surface area contributed by atoms with E-state index in [9.17, 15) is 0 Å². The Balaban J connectivity index is 2.70. The Morgan fingerprint density at radius 3 is 2.38 bits per heavy atom. The van der Waals surface area contributed by atoms with E-state index in [1.807, 2.05) is 26.0 Å². The van der Waals surface area contributed by atoms with Crippen LogP contribution in [-0.4, -0.2) is 15.6 Å². The topological polar surface area (TPSA) is 37.0 Å². The number of anilines is 1. The maximum Gasteiger partial charge on any atom is 0.172 e. The maximum absolute atomic E-state index is 5.21. The molecule has 0 aliphatic carbocycles. The molecule has 0 aliphatic rings. The summed E-state index contributed by atoms with van der Waals surface area (Å²) in [7, 11) is 0. The molecule has 0 bridgehead atoms. The molecule has 0 saturated carbocycles. The molecule has 0 atom stereocenters. The van der Waals surface area contributed by atoms with Crippen LogP contribution < -0.4 is 10.6 Å². The average Bonchev–Trinajstić information content (AvgIpc) is 1.96. The lowest BCUT2D eigenvalue weighted by Gasteiger charge is -2.22. The summed E-state index contributed by atoms with van der Waals surface area (Å²) in [5, 5.41) is 6.88. The number of aromatic nitrogens is 1. The van der Waals surface area contributed by atoms with Gasteiger partial charge in [-0.2, -0.15) is 0 Å². The Labute approximate surface area is 103 Å². The summed E-state index contributed by atoms with van der Waals surface area (Å²) in [5.41, 5.74) is 2.12. The van der Waals surface area contributed by atoms with Crippen LogP contribution in [0.4, 0.5) is 5.82 Å². The molecular formula is C12H19N3S. The van der Waals surface area contributed by atoms with Crippen molar-refractivity contribution in [3.63, 3.8) is 0 Å². The molecular weight excluding hydrogens is 218 g/mol. The van der Waals surface area contributed by atoms with Gasteiger partial charge in [0, 0.05) is 11.2 Å². The summed E-state index contributed by atoms with van der Waals surface area (Å²) in [6.45, 7) is 10.2. The van der Waals surface area contributed by atoms with Crippen molar-refractivity contribution >= 4 is 23.1 Å². The van der Waals surface area contributed by atoms with Crippen molar-refractivity contribution in [2.75, 3.05) is 5.32 Å². The fourth-order valence-electron chi connectivity index (χ4n) is 1.39. The summed E-state index contributed by atoms with van der Waals surface area (Å²) in [4.78, 5) is 4.37. The van der Waals surface area contributed by atoms with Crippen LogP contribution in [0.2, 0.25) is 0 Å². The maximum atomic E-state index is 5.21. The highest BCUT2D eigenvalue weighted by Crippen LogP contribution is 2.09. The van der Waals surface area contributed by atoms with Gasteiger partial charge in [-0.3, -0.25) is 0 Å². The van der Waals surface area contributed by atoms with E-state index in [2.05, 4.69) is 36.4 Å². The first-order chi connectivity index (χ1) is 7.26. The molecule has 1 aromatic heterocycles. The van der Waals surface area contributed by atoms with E-state index in [1.165, 1.54) is 5.56 Å². The quantitative estimate of drug-likeness (QED) is 0.736. The Bertz CT molecular complexity index is 373. The van der Waals surface area contributed by atoms with Gasteiger partial charge in [0.25, 0.3) is 0 Å². The van der Waals surface area contributed by atoms with Gasteiger partial charge in [0.15, 0.2) is 5.11 Å². The highest BCUT2D eigenvalue weighted by molar-refractivity contribution is 7.80. The number of nitrogens with one attached hydrogen (secondary N) is 2. The van der Waals surface area contributed by atoms with Crippen LogP contribution in [-0.2, 0) is 0 Å². The molecule has 0 saturated heterocycles. The van der Waals surface area contributed by atoms with Gasteiger partial charge in [-0.1, -0.05) is 0 Å². The Hall–Kier alpha value is -1.16. The van der Waals surface area contributed by atoms with Crippen molar-refractivity contribution in [1.82, 2.24) is 10.3 Å². The van der Waals surface area contributed by atoms with Gasteiger partial charge in [0.1, 0.15) is 5.82 Å². The van der Waals surface area contributed by atoms with Crippen LogP contribution in [0.25, 0.3) is 0 Å². The van der Waals surface area contributed by atoms with Crippen LogP contribution in [0.3, 0.4) is 0 Å². The van der Waals surface area contributed by atoms with Gasteiger partial charge in [-0.15, -0.1) is 0 Å². The number of thiocarbonyl (C=S) groups is 1. The summed E-state index contributed by atoms with van der Waals surface area (Å²) >= 11 is 5.21. The van der Waals surface area contributed by atoms with Gasteiger partial charge in [-0.25, -0.2) is 4.98 Å². The van der Waals surface area contributed by atoms with Gasteiger partial charge in [0.05, 0.1) is 0 Å². The van der Waals surface area contributed by atoms with E-state index in [4.69, 9.17) is 12.2 Å². The second-order valence-corrected chi connectivity index (χ2v) is 5.41. The third-order valence-corrected chi connectivity index (χ3v) is 2.03. The highest BCUT2D eigenvalue weighted by atomic mass is 32.1. The molecule has 4 heteroatoms. The zero-order valence-electron chi connectivity index (χ0n) is 10.5.